The first kappa shape index (κ1) is 22.0. The van der Waals surface area contributed by atoms with Gasteiger partial charge < -0.3 is 23.7 Å². The molecule has 0 unspecified atom stereocenters. The summed E-state index contributed by atoms with van der Waals surface area (Å²) in [5.41, 5.74) is 0.125. The van der Waals surface area contributed by atoms with Crippen molar-refractivity contribution < 1.29 is 23.6 Å². The number of hydrogen-bond donors (Lipinski definition) is 0. The quantitative estimate of drug-likeness (QED) is 0.717. The van der Waals surface area contributed by atoms with Gasteiger partial charge in [-0.05, 0) is 66.9 Å². The van der Waals surface area contributed by atoms with Gasteiger partial charge in [0.15, 0.2) is 0 Å². The van der Waals surface area contributed by atoms with Crippen LogP contribution in [0.3, 0.4) is 0 Å². The number of para-hydroxylation sites is 1. The minimum absolute atomic E-state index is 0.00135. The van der Waals surface area contributed by atoms with Crippen molar-refractivity contribution in [2.45, 2.75) is 84.2 Å². The van der Waals surface area contributed by atoms with E-state index in [1.54, 1.807) is 4.90 Å². The van der Waals surface area contributed by atoms with Crippen LogP contribution in [0.4, 0.5) is 4.79 Å². The molecule has 0 aliphatic carbocycles. The van der Waals surface area contributed by atoms with Gasteiger partial charge in [-0.1, -0.05) is 18.2 Å². The summed E-state index contributed by atoms with van der Waals surface area (Å²) in [5, 5.41) is 0. The summed E-state index contributed by atoms with van der Waals surface area (Å²) in [6.45, 7) is 13.0. The summed E-state index contributed by atoms with van der Waals surface area (Å²) in [4.78, 5) is 14.3. The van der Waals surface area contributed by atoms with E-state index < -0.39 is 12.7 Å². The summed E-state index contributed by atoms with van der Waals surface area (Å²) in [7, 11) is -0.463. The molecule has 2 saturated heterocycles. The summed E-state index contributed by atoms with van der Waals surface area (Å²) in [6, 6.07) is 7.82. The summed E-state index contributed by atoms with van der Waals surface area (Å²) >= 11 is 0. The molecule has 1 aromatic carbocycles. The normalized spacial score (nSPS) is 24.5. The van der Waals surface area contributed by atoms with Gasteiger partial charge in [0.1, 0.15) is 18.0 Å². The molecule has 2 fully saturated rings. The molecular weight excluding hydrogens is 369 g/mol. The van der Waals surface area contributed by atoms with Crippen LogP contribution < -0.4 is 10.2 Å². The number of likely N-dealkylation sites (tertiary alicyclic amines) is 1. The molecule has 2 aliphatic rings. The van der Waals surface area contributed by atoms with Crippen molar-refractivity contribution in [3.63, 3.8) is 0 Å². The zero-order valence-electron chi connectivity index (χ0n) is 18.6. The molecular formula is C22H34BNO5. The van der Waals surface area contributed by atoms with Gasteiger partial charge in [-0.25, -0.2) is 4.79 Å². The Morgan fingerprint density at radius 2 is 2.03 bits per heavy atom. The molecule has 0 bridgehead atoms. The van der Waals surface area contributed by atoms with Crippen molar-refractivity contribution in [2.75, 3.05) is 13.2 Å². The van der Waals surface area contributed by atoms with Crippen LogP contribution in [-0.4, -0.2) is 54.6 Å². The molecule has 0 spiro atoms. The fourth-order valence-corrected chi connectivity index (χ4v) is 4.02. The van der Waals surface area contributed by atoms with Crippen LogP contribution in [0.25, 0.3) is 0 Å². The fourth-order valence-electron chi connectivity index (χ4n) is 4.02. The van der Waals surface area contributed by atoms with Crippen molar-refractivity contribution in [3.8, 4) is 5.75 Å². The van der Waals surface area contributed by atoms with Gasteiger partial charge in [0.05, 0.1) is 11.6 Å². The Morgan fingerprint density at radius 3 is 2.72 bits per heavy atom. The van der Waals surface area contributed by atoms with Crippen LogP contribution in [0.1, 0.15) is 60.8 Å². The zero-order chi connectivity index (χ0) is 21.2. The first-order valence-corrected chi connectivity index (χ1v) is 10.6. The average molecular weight is 403 g/mol. The lowest BCUT2D eigenvalue weighted by Gasteiger charge is -2.38. The molecule has 0 aromatic heterocycles. The molecule has 0 N–H and O–H groups in total. The van der Waals surface area contributed by atoms with Crippen LogP contribution in [0.15, 0.2) is 24.3 Å². The van der Waals surface area contributed by atoms with Crippen molar-refractivity contribution >= 4 is 18.7 Å². The number of carbonyl (C=O) groups excluding carboxylic acids is 1. The van der Waals surface area contributed by atoms with Crippen LogP contribution in [-0.2, 0) is 14.0 Å². The molecule has 2 atom stereocenters. The molecule has 1 amide bonds. The van der Waals surface area contributed by atoms with Crippen molar-refractivity contribution in [1.29, 1.82) is 0 Å². The maximum Gasteiger partial charge on any atom is 0.498 e. The number of benzene rings is 1. The van der Waals surface area contributed by atoms with Gasteiger partial charge in [-0.2, -0.15) is 0 Å². The number of rotatable bonds is 4. The lowest BCUT2D eigenvalue weighted by atomic mass is 9.74. The standard InChI is InChI=1S/C22H34BNO5/c1-16-14-22(5,6)29-23(28-16)18-11-7-8-12-19(18)26-15-17-10-9-13-24(17)20(25)27-21(2,3)4/h7-8,11-12,16-17H,9-10,13-15H2,1-6H3/t16-,17-/m1/s1. The molecule has 1 aromatic rings. The Labute approximate surface area is 175 Å². The van der Waals surface area contributed by atoms with E-state index in [-0.39, 0.29) is 23.8 Å². The van der Waals surface area contributed by atoms with Crippen molar-refractivity contribution in [3.05, 3.63) is 24.3 Å². The van der Waals surface area contributed by atoms with Crippen molar-refractivity contribution in [2.24, 2.45) is 0 Å². The largest absolute Gasteiger partial charge is 0.498 e. The van der Waals surface area contributed by atoms with E-state index >= 15 is 0 Å². The Kier molecular flexibility index (Phi) is 6.49. The van der Waals surface area contributed by atoms with Gasteiger partial charge in [0.2, 0.25) is 0 Å². The van der Waals surface area contributed by atoms with Crippen molar-refractivity contribution in [1.82, 2.24) is 4.90 Å². The highest BCUT2D eigenvalue weighted by atomic mass is 16.6. The number of hydrogen-bond acceptors (Lipinski definition) is 5. The highest BCUT2D eigenvalue weighted by Crippen LogP contribution is 2.27. The molecule has 3 rings (SSSR count). The lowest BCUT2D eigenvalue weighted by Crippen LogP contribution is -2.52. The third-order valence-corrected chi connectivity index (χ3v) is 5.17. The van der Waals surface area contributed by atoms with E-state index in [4.69, 9.17) is 18.8 Å². The fraction of sp³-hybridized carbons (Fsp3) is 0.682. The topological polar surface area (TPSA) is 57.2 Å². The van der Waals surface area contributed by atoms with E-state index in [9.17, 15) is 4.79 Å². The SMILES string of the molecule is C[C@@H]1CC(C)(C)OB(c2ccccc2OC[C@H]2CCCN2C(=O)OC(C)(C)C)O1. The summed E-state index contributed by atoms with van der Waals surface area (Å²) in [5.74, 6) is 0.735. The number of amides is 1. The van der Waals surface area contributed by atoms with Crippen LogP contribution in [0.5, 0.6) is 5.75 Å². The second kappa shape index (κ2) is 8.56. The van der Waals surface area contributed by atoms with E-state index in [0.717, 1.165) is 30.5 Å². The van der Waals surface area contributed by atoms with E-state index in [0.29, 0.717) is 13.2 Å². The molecule has 2 heterocycles. The summed E-state index contributed by atoms with van der Waals surface area (Å²) in [6.07, 6.45) is 2.54. The van der Waals surface area contributed by atoms with Crippen LogP contribution >= 0.6 is 0 Å². The van der Waals surface area contributed by atoms with Gasteiger partial charge >= 0.3 is 13.2 Å². The van der Waals surface area contributed by atoms with Gasteiger partial charge in [0.25, 0.3) is 0 Å². The first-order valence-electron chi connectivity index (χ1n) is 10.6. The van der Waals surface area contributed by atoms with Crippen LogP contribution in [0, 0.1) is 0 Å². The van der Waals surface area contributed by atoms with Gasteiger partial charge in [-0.15, -0.1) is 0 Å². The third-order valence-electron chi connectivity index (χ3n) is 5.17. The number of nitrogens with zero attached hydrogens (tertiary/aromatic N) is 1. The van der Waals surface area contributed by atoms with Crippen LogP contribution in [0.2, 0.25) is 0 Å². The molecule has 160 valence electrons. The minimum Gasteiger partial charge on any atom is -0.492 e. The predicted octanol–water partition coefficient (Wildman–Crippen LogP) is 3.76. The molecule has 29 heavy (non-hydrogen) atoms. The second-order valence-electron chi connectivity index (χ2n) is 9.68. The Balaban J connectivity index is 1.68. The van der Waals surface area contributed by atoms with Gasteiger partial charge in [0, 0.05) is 18.1 Å². The Morgan fingerprint density at radius 1 is 1.31 bits per heavy atom. The van der Waals surface area contributed by atoms with E-state index in [1.165, 1.54) is 0 Å². The Bertz CT molecular complexity index is 717. The minimum atomic E-state index is -0.503. The Hall–Kier alpha value is -1.73. The second-order valence-corrected chi connectivity index (χ2v) is 9.68. The zero-order valence-corrected chi connectivity index (χ0v) is 18.6. The monoisotopic (exact) mass is 403 g/mol. The molecule has 2 aliphatic heterocycles. The smallest absolute Gasteiger partial charge is 0.492 e. The van der Waals surface area contributed by atoms with E-state index in [2.05, 4.69) is 20.8 Å². The predicted molar refractivity (Wildman–Crippen MR) is 114 cm³/mol. The number of ether oxygens (including phenoxy) is 2. The highest BCUT2D eigenvalue weighted by molar-refractivity contribution is 6.62. The molecule has 0 saturated carbocycles. The molecule has 7 heteroatoms. The van der Waals surface area contributed by atoms with Gasteiger partial charge in [-0.3, -0.25) is 0 Å². The first-order chi connectivity index (χ1) is 13.5. The average Bonchev–Trinajstić information content (AvgIpc) is 3.05. The maximum atomic E-state index is 12.5. The molecule has 0 radical (unpaired) electrons. The number of carbonyl (C=O) groups is 1. The molecule has 6 nitrogen and oxygen atoms in total. The summed E-state index contributed by atoms with van der Waals surface area (Å²) < 4.78 is 23.9. The maximum absolute atomic E-state index is 12.5. The van der Waals surface area contributed by atoms with E-state index in [1.807, 2.05) is 45.0 Å². The highest BCUT2D eigenvalue weighted by Gasteiger charge is 2.40. The lowest BCUT2D eigenvalue weighted by molar-refractivity contribution is -0.0232. The third kappa shape index (κ3) is 5.89.